The molecule has 0 N–H and O–H groups in total. The van der Waals surface area contributed by atoms with Gasteiger partial charge in [-0.25, -0.2) is 4.39 Å². The number of aryl methyl sites for hydroxylation is 1. The van der Waals surface area contributed by atoms with Crippen LogP contribution in [0.15, 0.2) is 54.2 Å². The van der Waals surface area contributed by atoms with E-state index in [4.69, 9.17) is 27.9 Å². The van der Waals surface area contributed by atoms with Gasteiger partial charge >= 0.3 is 0 Å². The van der Waals surface area contributed by atoms with Crippen LogP contribution in [0.2, 0.25) is 10.0 Å². The van der Waals surface area contributed by atoms with E-state index in [9.17, 15) is 4.39 Å². The molecule has 0 bridgehead atoms. The molecular formula is C21H20Cl2FN3OS. The summed E-state index contributed by atoms with van der Waals surface area (Å²) in [7, 11) is 0. The lowest BCUT2D eigenvalue weighted by Gasteiger charge is -2.17. The van der Waals surface area contributed by atoms with Crippen LogP contribution in [-0.4, -0.2) is 14.8 Å². The maximum atomic E-state index is 14.1. The van der Waals surface area contributed by atoms with Gasteiger partial charge in [0, 0.05) is 27.9 Å². The number of nitrogens with zero attached hydrogens (tertiary/aromatic N) is 3. The molecule has 0 aliphatic heterocycles. The minimum absolute atomic E-state index is 0.338. The first-order valence-corrected chi connectivity index (χ1v) is 10.7. The molecule has 0 aliphatic carbocycles. The highest BCUT2D eigenvalue weighted by atomic mass is 35.5. The van der Waals surface area contributed by atoms with Crippen LogP contribution in [0.3, 0.4) is 0 Å². The van der Waals surface area contributed by atoms with Gasteiger partial charge in [0.2, 0.25) is 0 Å². The minimum Gasteiger partial charge on any atom is -0.482 e. The third-order valence-corrected chi connectivity index (χ3v) is 5.85. The number of aromatic nitrogens is 3. The van der Waals surface area contributed by atoms with E-state index >= 15 is 0 Å². The first-order valence-electron chi connectivity index (χ1n) is 8.93. The van der Waals surface area contributed by atoms with E-state index in [1.807, 2.05) is 30.5 Å². The molecule has 4 nitrogen and oxygen atoms in total. The van der Waals surface area contributed by atoms with E-state index in [1.165, 1.54) is 17.8 Å². The van der Waals surface area contributed by atoms with E-state index in [1.54, 1.807) is 24.3 Å². The normalized spacial score (nSPS) is 12.0. The van der Waals surface area contributed by atoms with Gasteiger partial charge in [-0.05, 0) is 49.7 Å². The second kappa shape index (κ2) is 9.65. The predicted octanol–water partition coefficient (Wildman–Crippen LogP) is 6.65. The van der Waals surface area contributed by atoms with Gasteiger partial charge in [-0.2, -0.15) is 0 Å². The molecular weight excluding hydrogens is 432 g/mol. The van der Waals surface area contributed by atoms with Crippen molar-refractivity contribution in [2.75, 3.05) is 0 Å². The van der Waals surface area contributed by atoms with Gasteiger partial charge in [-0.1, -0.05) is 47.1 Å². The Morgan fingerprint density at radius 1 is 1.28 bits per heavy atom. The van der Waals surface area contributed by atoms with E-state index in [2.05, 4.69) is 16.8 Å². The number of benzene rings is 2. The van der Waals surface area contributed by atoms with Crippen LogP contribution in [0.25, 0.3) is 0 Å². The number of halogens is 3. The summed E-state index contributed by atoms with van der Waals surface area (Å²) in [4.78, 5) is 0. The SMILES string of the molecule is C=CCn1c(SCc2c(F)cccc2Cl)nnc1C(C)Oc1ccc(Cl)cc1C. The van der Waals surface area contributed by atoms with Crippen LogP contribution in [0.5, 0.6) is 5.75 Å². The van der Waals surface area contributed by atoms with Crippen molar-refractivity contribution in [1.29, 1.82) is 0 Å². The van der Waals surface area contributed by atoms with Crippen molar-refractivity contribution in [1.82, 2.24) is 14.8 Å². The molecule has 1 heterocycles. The third kappa shape index (κ3) is 5.13. The molecule has 0 saturated heterocycles. The Morgan fingerprint density at radius 2 is 2.07 bits per heavy atom. The lowest BCUT2D eigenvalue weighted by Crippen LogP contribution is -2.12. The minimum atomic E-state index is -0.353. The molecule has 1 atom stereocenters. The number of allylic oxidation sites excluding steroid dienone is 1. The van der Waals surface area contributed by atoms with Gasteiger partial charge in [0.1, 0.15) is 11.6 Å². The molecule has 0 aliphatic rings. The molecule has 0 fully saturated rings. The quantitative estimate of drug-likeness (QED) is 0.283. The second-order valence-corrected chi connectivity index (χ2v) is 8.18. The Hall–Kier alpha value is -2.02. The molecule has 29 heavy (non-hydrogen) atoms. The number of rotatable bonds is 8. The molecule has 0 saturated carbocycles. The Kier molecular flexibility index (Phi) is 7.22. The van der Waals surface area contributed by atoms with Crippen molar-refractivity contribution in [3.63, 3.8) is 0 Å². The fourth-order valence-electron chi connectivity index (χ4n) is 2.80. The van der Waals surface area contributed by atoms with Crippen molar-refractivity contribution >= 4 is 35.0 Å². The average molecular weight is 452 g/mol. The zero-order valence-corrected chi connectivity index (χ0v) is 18.4. The average Bonchev–Trinajstić information content (AvgIpc) is 3.07. The maximum absolute atomic E-state index is 14.1. The largest absolute Gasteiger partial charge is 0.482 e. The highest BCUT2D eigenvalue weighted by Crippen LogP contribution is 2.31. The molecule has 1 aromatic heterocycles. The van der Waals surface area contributed by atoms with E-state index in [0.29, 0.717) is 38.9 Å². The van der Waals surface area contributed by atoms with Crippen LogP contribution in [0.1, 0.15) is 30.0 Å². The van der Waals surface area contributed by atoms with Crippen LogP contribution in [0.4, 0.5) is 4.39 Å². The summed E-state index contributed by atoms with van der Waals surface area (Å²) in [5.74, 6) is 1.38. The molecule has 0 amide bonds. The summed E-state index contributed by atoms with van der Waals surface area (Å²) in [5, 5.41) is 10.3. The van der Waals surface area contributed by atoms with Gasteiger partial charge < -0.3 is 4.74 Å². The summed E-state index contributed by atoms with van der Waals surface area (Å²) < 4.78 is 22.0. The lowest BCUT2D eigenvalue weighted by atomic mass is 10.2. The number of ether oxygens (including phenoxy) is 1. The third-order valence-electron chi connectivity index (χ3n) is 4.27. The summed E-state index contributed by atoms with van der Waals surface area (Å²) in [6.07, 6.45) is 1.40. The summed E-state index contributed by atoms with van der Waals surface area (Å²) in [6.45, 7) is 8.15. The molecule has 8 heteroatoms. The number of thioether (sulfide) groups is 1. The van der Waals surface area contributed by atoms with Gasteiger partial charge in [-0.15, -0.1) is 16.8 Å². The van der Waals surface area contributed by atoms with Gasteiger partial charge in [0.15, 0.2) is 17.1 Å². The summed E-state index contributed by atoms with van der Waals surface area (Å²) >= 11 is 13.5. The van der Waals surface area contributed by atoms with Crippen LogP contribution in [-0.2, 0) is 12.3 Å². The number of hydrogen-bond donors (Lipinski definition) is 0. The van der Waals surface area contributed by atoms with Gasteiger partial charge in [0.05, 0.1) is 0 Å². The Bertz CT molecular complexity index is 1000. The van der Waals surface area contributed by atoms with E-state index < -0.39 is 0 Å². The van der Waals surface area contributed by atoms with E-state index in [-0.39, 0.29) is 11.9 Å². The highest BCUT2D eigenvalue weighted by Gasteiger charge is 2.20. The van der Waals surface area contributed by atoms with Crippen LogP contribution < -0.4 is 4.74 Å². The first-order chi connectivity index (χ1) is 13.9. The Balaban J connectivity index is 1.81. The van der Waals surface area contributed by atoms with Crippen molar-refractivity contribution in [2.45, 2.75) is 37.4 Å². The molecule has 152 valence electrons. The zero-order valence-electron chi connectivity index (χ0n) is 16.0. The molecule has 0 radical (unpaired) electrons. The topological polar surface area (TPSA) is 39.9 Å². The van der Waals surface area contributed by atoms with Crippen molar-refractivity contribution in [3.8, 4) is 5.75 Å². The summed E-state index contributed by atoms with van der Waals surface area (Å²) in [6, 6.07) is 10.1. The molecule has 3 rings (SSSR count). The van der Waals surface area contributed by atoms with Crippen molar-refractivity contribution < 1.29 is 9.13 Å². The summed E-state index contributed by atoms with van der Waals surface area (Å²) in [5.41, 5.74) is 1.37. The van der Waals surface area contributed by atoms with Crippen LogP contribution in [0, 0.1) is 12.7 Å². The monoisotopic (exact) mass is 451 g/mol. The van der Waals surface area contributed by atoms with E-state index in [0.717, 1.165) is 11.3 Å². The maximum Gasteiger partial charge on any atom is 0.191 e. The fourth-order valence-corrected chi connectivity index (χ4v) is 4.33. The second-order valence-electron chi connectivity index (χ2n) is 6.40. The molecule has 2 aromatic carbocycles. The Morgan fingerprint density at radius 3 is 2.76 bits per heavy atom. The molecule has 1 unspecified atom stereocenters. The first kappa shape index (κ1) is 21.7. The zero-order chi connectivity index (χ0) is 21.0. The Labute approximate surface area is 183 Å². The van der Waals surface area contributed by atoms with Gasteiger partial charge in [-0.3, -0.25) is 4.57 Å². The standard InChI is InChI=1S/C21H20Cl2FN3OS/c1-4-10-27-20(14(3)28-19-9-8-15(22)11-13(19)2)25-26-21(27)29-12-16-17(23)6-5-7-18(16)24/h4-9,11,14H,1,10,12H2,2-3H3. The fraction of sp³-hybridized carbons (Fsp3) is 0.238. The van der Waals surface area contributed by atoms with Gasteiger partial charge in [0.25, 0.3) is 0 Å². The molecule has 3 aromatic rings. The van der Waals surface area contributed by atoms with Crippen molar-refractivity contribution in [3.05, 3.63) is 81.9 Å². The highest BCUT2D eigenvalue weighted by molar-refractivity contribution is 7.98. The smallest absolute Gasteiger partial charge is 0.191 e. The lowest BCUT2D eigenvalue weighted by molar-refractivity contribution is 0.209. The van der Waals surface area contributed by atoms with Crippen LogP contribution >= 0.6 is 35.0 Å². The van der Waals surface area contributed by atoms with Crippen molar-refractivity contribution in [2.24, 2.45) is 0 Å². The molecule has 0 spiro atoms. The predicted molar refractivity (Wildman–Crippen MR) is 116 cm³/mol. The number of hydrogen-bond acceptors (Lipinski definition) is 4.